The average Bonchev–Trinajstić information content (AvgIpc) is 2.42. The Labute approximate surface area is 111 Å². The van der Waals surface area contributed by atoms with E-state index in [4.69, 9.17) is 5.73 Å². The zero-order chi connectivity index (χ0) is 13.7. The van der Waals surface area contributed by atoms with Crippen molar-refractivity contribution in [2.24, 2.45) is 5.73 Å². The van der Waals surface area contributed by atoms with Crippen molar-refractivity contribution in [2.75, 3.05) is 6.54 Å². The monoisotopic (exact) mass is 254 g/mol. The molecule has 96 valence electrons. The quantitative estimate of drug-likeness (QED) is 0.903. The second-order valence-corrected chi connectivity index (χ2v) is 4.07. The number of allylic oxidation sites excluding steroid dienone is 1. The largest absolute Gasteiger partial charge is 0.327 e. The fourth-order valence-corrected chi connectivity index (χ4v) is 1.70. The van der Waals surface area contributed by atoms with Gasteiger partial charge in [-0.3, -0.25) is 0 Å². The van der Waals surface area contributed by atoms with Crippen molar-refractivity contribution in [1.82, 2.24) is 4.98 Å². The van der Waals surface area contributed by atoms with Crippen LogP contribution in [0.1, 0.15) is 0 Å². The number of nitrogens with two attached hydrogens (primary N) is 1. The lowest BCUT2D eigenvalue weighted by Crippen LogP contribution is -2.26. The van der Waals surface area contributed by atoms with E-state index < -0.39 is 0 Å². The SMILES string of the molecule is C=c1nc(-c2ccc(F)cc2)cc/c1=C/C=C\CN. The molecule has 0 atom stereocenters. The third-order valence-electron chi connectivity index (χ3n) is 2.70. The van der Waals surface area contributed by atoms with Crippen LogP contribution in [0, 0.1) is 5.82 Å². The number of nitrogens with zero attached hydrogens (tertiary/aromatic N) is 1. The molecule has 3 heteroatoms. The molecule has 1 aromatic heterocycles. The van der Waals surface area contributed by atoms with Crippen molar-refractivity contribution in [1.29, 1.82) is 0 Å². The number of rotatable bonds is 3. The van der Waals surface area contributed by atoms with Crippen LogP contribution < -0.4 is 16.3 Å². The van der Waals surface area contributed by atoms with Crippen molar-refractivity contribution in [3.8, 4) is 11.3 Å². The molecule has 0 bridgehead atoms. The Kier molecular flexibility index (Phi) is 4.21. The lowest BCUT2D eigenvalue weighted by molar-refractivity contribution is 0.628. The molecule has 2 rings (SSSR count). The van der Waals surface area contributed by atoms with E-state index in [9.17, 15) is 4.39 Å². The van der Waals surface area contributed by atoms with Gasteiger partial charge in [0.15, 0.2) is 0 Å². The molecule has 0 aliphatic heterocycles. The van der Waals surface area contributed by atoms with E-state index in [0.717, 1.165) is 16.5 Å². The van der Waals surface area contributed by atoms with Crippen molar-refractivity contribution in [3.63, 3.8) is 0 Å². The van der Waals surface area contributed by atoms with E-state index in [1.165, 1.54) is 12.1 Å². The first-order valence-electron chi connectivity index (χ1n) is 5.99. The number of aromatic nitrogens is 1. The van der Waals surface area contributed by atoms with Gasteiger partial charge < -0.3 is 5.73 Å². The van der Waals surface area contributed by atoms with Gasteiger partial charge in [-0.25, -0.2) is 9.37 Å². The molecule has 0 radical (unpaired) electrons. The number of halogens is 1. The van der Waals surface area contributed by atoms with Crippen molar-refractivity contribution in [2.45, 2.75) is 0 Å². The second-order valence-electron chi connectivity index (χ2n) is 4.07. The highest BCUT2D eigenvalue weighted by atomic mass is 19.1. The summed E-state index contributed by atoms with van der Waals surface area (Å²) in [6, 6.07) is 10.1. The third kappa shape index (κ3) is 3.36. The molecule has 0 aliphatic rings. The minimum atomic E-state index is -0.254. The average molecular weight is 254 g/mol. The maximum atomic E-state index is 12.9. The highest BCUT2D eigenvalue weighted by Crippen LogP contribution is 2.14. The molecule has 2 aromatic rings. The van der Waals surface area contributed by atoms with Crippen LogP contribution in [0.25, 0.3) is 23.9 Å². The normalized spacial score (nSPS) is 12.2. The number of pyridine rings is 1. The van der Waals surface area contributed by atoms with Gasteiger partial charge in [-0.2, -0.15) is 0 Å². The molecule has 0 unspecified atom stereocenters. The molecule has 0 saturated carbocycles. The molecular formula is C16H15FN2. The summed E-state index contributed by atoms with van der Waals surface area (Å²) in [6.45, 7) is 4.43. The summed E-state index contributed by atoms with van der Waals surface area (Å²) >= 11 is 0. The van der Waals surface area contributed by atoms with E-state index in [1.54, 1.807) is 12.1 Å². The first-order chi connectivity index (χ1) is 9.20. The number of benzene rings is 1. The molecule has 0 fully saturated rings. The summed E-state index contributed by atoms with van der Waals surface area (Å²) in [4.78, 5) is 4.42. The van der Waals surface area contributed by atoms with Crippen LogP contribution in [0.3, 0.4) is 0 Å². The first-order valence-corrected chi connectivity index (χ1v) is 5.99. The Morgan fingerprint density at radius 2 is 1.89 bits per heavy atom. The van der Waals surface area contributed by atoms with Gasteiger partial charge in [0.25, 0.3) is 0 Å². The summed E-state index contributed by atoms with van der Waals surface area (Å²) in [7, 11) is 0. The molecule has 2 N–H and O–H groups in total. The van der Waals surface area contributed by atoms with E-state index >= 15 is 0 Å². The van der Waals surface area contributed by atoms with Crippen LogP contribution in [-0.2, 0) is 0 Å². The van der Waals surface area contributed by atoms with Gasteiger partial charge in [0.1, 0.15) is 5.82 Å². The van der Waals surface area contributed by atoms with Crippen LogP contribution in [-0.4, -0.2) is 11.5 Å². The lowest BCUT2D eigenvalue weighted by atomic mass is 10.1. The maximum absolute atomic E-state index is 12.9. The standard InChI is InChI=1S/C16H15FN2/c1-12-13(4-2-3-11-18)7-10-16(19-12)14-5-8-15(17)9-6-14/h2-10H,1,11,18H2/b3-2-,13-4-. The first kappa shape index (κ1) is 13.2. The summed E-state index contributed by atoms with van der Waals surface area (Å²) in [5.74, 6) is -0.254. The van der Waals surface area contributed by atoms with Gasteiger partial charge in [-0.05, 0) is 35.6 Å². The molecule has 0 aliphatic carbocycles. The van der Waals surface area contributed by atoms with Gasteiger partial charge >= 0.3 is 0 Å². The van der Waals surface area contributed by atoms with Crippen LogP contribution in [0.2, 0.25) is 0 Å². The lowest BCUT2D eigenvalue weighted by Gasteiger charge is -2.00. The molecule has 19 heavy (non-hydrogen) atoms. The van der Waals surface area contributed by atoms with E-state index in [2.05, 4.69) is 11.6 Å². The van der Waals surface area contributed by atoms with Crippen LogP contribution in [0.5, 0.6) is 0 Å². The third-order valence-corrected chi connectivity index (χ3v) is 2.70. The second kappa shape index (κ2) is 6.07. The Hall–Kier alpha value is -2.26. The smallest absolute Gasteiger partial charge is 0.123 e. The minimum absolute atomic E-state index is 0.254. The molecule has 1 heterocycles. The van der Waals surface area contributed by atoms with E-state index in [0.29, 0.717) is 11.9 Å². The van der Waals surface area contributed by atoms with E-state index in [-0.39, 0.29) is 5.82 Å². The van der Waals surface area contributed by atoms with Crippen LogP contribution >= 0.6 is 0 Å². The summed E-state index contributed by atoms with van der Waals surface area (Å²) in [6.07, 6.45) is 5.65. The molecular weight excluding hydrogens is 239 g/mol. The number of hydrogen-bond acceptors (Lipinski definition) is 2. The van der Waals surface area contributed by atoms with Gasteiger partial charge in [-0.1, -0.05) is 30.9 Å². The molecule has 0 spiro atoms. The van der Waals surface area contributed by atoms with Gasteiger partial charge in [0.05, 0.1) is 11.0 Å². The van der Waals surface area contributed by atoms with Crippen LogP contribution in [0.15, 0.2) is 48.6 Å². The minimum Gasteiger partial charge on any atom is -0.327 e. The van der Waals surface area contributed by atoms with Gasteiger partial charge in [0.2, 0.25) is 0 Å². The Morgan fingerprint density at radius 1 is 1.16 bits per heavy atom. The van der Waals surface area contributed by atoms with Crippen molar-refractivity contribution >= 4 is 12.7 Å². The Balaban J connectivity index is 2.39. The summed E-state index contributed by atoms with van der Waals surface area (Å²) in [5.41, 5.74) is 7.03. The summed E-state index contributed by atoms with van der Waals surface area (Å²) in [5, 5.41) is 1.62. The molecule has 0 amide bonds. The fraction of sp³-hybridized carbons (Fsp3) is 0.0625. The van der Waals surface area contributed by atoms with Crippen molar-refractivity contribution < 1.29 is 4.39 Å². The zero-order valence-corrected chi connectivity index (χ0v) is 10.5. The fourth-order valence-electron chi connectivity index (χ4n) is 1.70. The Bertz CT molecular complexity index is 688. The summed E-state index contributed by atoms with van der Waals surface area (Å²) < 4.78 is 12.9. The highest BCUT2D eigenvalue weighted by Gasteiger charge is 1.99. The predicted molar refractivity (Wildman–Crippen MR) is 77.1 cm³/mol. The predicted octanol–water partition coefficient (Wildman–Crippen LogP) is 1.59. The molecule has 1 aromatic carbocycles. The van der Waals surface area contributed by atoms with Crippen LogP contribution in [0.4, 0.5) is 4.39 Å². The highest BCUT2D eigenvalue weighted by molar-refractivity contribution is 5.59. The molecule has 2 nitrogen and oxygen atoms in total. The van der Waals surface area contributed by atoms with Crippen molar-refractivity contribution in [3.05, 3.63) is 64.9 Å². The van der Waals surface area contributed by atoms with Gasteiger partial charge in [-0.15, -0.1) is 0 Å². The number of hydrogen-bond donors (Lipinski definition) is 1. The topological polar surface area (TPSA) is 38.9 Å². The Morgan fingerprint density at radius 3 is 2.53 bits per heavy atom. The molecule has 0 saturated heterocycles. The van der Waals surface area contributed by atoms with Gasteiger partial charge in [0, 0.05) is 12.1 Å². The zero-order valence-electron chi connectivity index (χ0n) is 10.5. The maximum Gasteiger partial charge on any atom is 0.123 e. The van der Waals surface area contributed by atoms with E-state index in [1.807, 2.05) is 30.4 Å².